The minimum Gasteiger partial charge on any atom is -0.320 e. The number of rotatable bonds is 20. The molecule has 23 heteroatoms. The molecule has 0 spiro atoms. The molecule has 75 heavy (non-hydrogen) atoms. The Morgan fingerprint density at radius 2 is 1.04 bits per heavy atom. The van der Waals surface area contributed by atoms with Crippen LogP contribution in [-0.4, -0.2) is 106 Å². The van der Waals surface area contributed by atoms with Gasteiger partial charge in [0.25, 0.3) is 0 Å². The Morgan fingerprint density at radius 1 is 0.587 bits per heavy atom. The van der Waals surface area contributed by atoms with E-state index >= 15 is 0 Å². The van der Waals surface area contributed by atoms with Crippen LogP contribution >= 0.6 is 0 Å². The molecule has 10 rings (SSSR count). The van der Waals surface area contributed by atoms with Crippen LogP contribution in [0.2, 0.25) is 0 Å². The quantitative estimate of drug-likeness (QED) is 0.0397. The highest BCUT2D eigenvalue weighted by molar-refractivity contribution is 7.90. The van der Waals surface area contributed by atoms with Gasteiger partial charge in [-0.3, -0.25) is 0 Å². The lowest BCUT2D eigenvalue weighted by Gasteiger charge is -2.28. The lowest BCUT2D eigenvalue weighted by molar-refractivity contribution is -0.108. The minimum absolute atomic E-state index is 0.000989. The first-order valence-corrected chi connectivity index (χ1v) is 31.6. The van der Waals surface area contributed by atoms with E-state index < -0.39 is 53.8 Å². The molecule has 3 aromatic rings. The molecule has 1 heterocycles. The number of nitrogens with one attached hydrogen (secondary N) is 9. The number of hydroxylamine groups is 2. The van der Waals surface area contributed by atoms with E-state index in [4.69, 9.17) is 4.84 Å². The fraction of sp³-hybridized carbons (Fsp3) is 0.596. The second kappa shape index (κ2) is 21.2. The molecule has 408 valence electrons. The third-order valence-electron chi connectivity index (χ3n) is 17.0. The van der Waals surface area contributed by atoms with Crippen LogP contribution in [0.3, 0.4) is 0 Å². The summed E-state index contributed by atoms with van der Waals surface area (Å²) in [6.45, 7) is 2.69. The van der Waals surface area contributed by atoms with Crippen LogP contribution in [0, 0.1) is 0 Å². The Kier molecular flexibility index (Phi) is 15.1. The fourth-order valence-electron chi connectivity index (χ4n) is 13.4. The molecule has 20 nitrogen and oxygen atoms in total. The van der Waals surface area contributed by atoms with Crippen molar-refractivity contribution in [3.63, 3.8) is 0 Å². The number of hydrogen-bond donors (Lipinski definition) is 9. The summed E-state index contributed by atoms with van der Waals surface area (Å²) in [6, 6.07) is 4.47. The van der Waals surface area contributed by atoms with Crippen molar-refractivity contribution >= 4 is 65.2 Å². The molecule has 6 aliphatic carbocycles. The average Bonchev–Trinajstić information content (AvgIpc) is 4.12. The molecule has 4 atom stereocenters. The Bertz CT molecular complexity index is 3150. The molecule has 6 amide bonds. The van der Waals surface area contributed by atoms with Crippen molar-refractivity contribution in [3.05, 3.63) is 85.0 Å². The maximum atomic E-state index is 14.1. The van der Waals surface area contributed by atoms with E-state index in [2.05, 4.69) is 64.5 Å². The molecule has 3 aromatic carbocycles. The Morgan fingerprint density at radius 3 is 1.59 bits per heavy atom. The molecule has 0 aromatic heterocycles. The van der Waals surface area contributed by atoms with Crippen molar-refractivity contribution in [3.8, 4) is 0 Å². The number of nitrogens with zero attached hydrogens (tertiary/aromatic N) is 1. The normalized spacial score (nSPS) is 21.7. The second-order valence-electron chi connectivity index (χ2n) is 21.9. The smallest absolute Gasteiger partial charge is 0.320 e. The van der Waals surface area contributed by atoms with E-state index in [0.717, 1.165) is 138 Å². The highest BCUT2D eigenvalue weighted by Crippen LogP contribution is 2.59. The van der Waals surface area contributed by atoms with Crippen LogP contribution in [-0.2, 0) is 86.3 Å². The number of fused-ring (bicyclic) bond motifs is 6. The number of anilines is 3. The predicted molar refractivity (Wildman–Crippen MR) is 288 cm³/mol. The summed E-state index contributed by atoms with van der Waals surface area (Å²) in [7, 11) is -6.92. The first-order chi connectivity index (χ1) is 35.7. The highest BCUT2D eigenvalue weighted by Gasteiger charge is 2.45. The SMILES string of the molecule is CNCCCS(=O)(=O)NC(=O)Nc1c2c(cc3c1C(C1CCc4c1cc1c(c4NC(=O)NS(=O)(=O)CCCN(C)OC)CCC1)CC3)C(C1CCc3cc4c(c(NC(=O)NS(=O)(=O)CCC5(C)NN5)c31)CCC4)CC2. The molecule has 7 aliphatic rings. The van der Waals surface area contributed by atoms with Crippen molar-refractivity contribution < 1.29 is 44.5 Å². The third-order valence-corrected chi connectivity index (χ3v) is 20.8. The van der Waals surface area contributed by atoms with Crippen molar-refractivity contribution in [2.75, 3.05) is 67.5 Å². The van der Waals surface area contributed by atoms with Crippen LogP contribution in [0.1, 0.15) is 155 Å². The Labute approximate surface area is 440 Å². The van der Waals surface area contributed by atoms with Crippen molar-refractivity contribution in [1.29, 1.82) is 0 Å². The van der Waals surface area contributed by atoms with Gasteiger partial charge in [-0.1, -0.05) is 18.2 Å². The summed E-state index contributed by atoms with van der Waals surface area (Å²) in [6.07, 6.45) is 11.8. The standard InChI is InChI=1S/C52H72N10O10S3/c1-52(60-61-52)21-26-75(70,71)59-50(64)55-47-35-12-5-9-30(35)27-32-13-15-38(44(32)47)37-18-20-41-43(37)29-33-14-16-39(45(33)48(41)56-51(65)58-73(66,67)24-7-22-53-2)36-17-19-40-42(36)28-31-10-6-11-34(31)46(40)54-49(63)57-74(68,69)25-8-23-62(3)72-4/h27-29,36-39,53,60-61H,5-26H2,1-4H3,(H2,54,57,63)(H2,55,59,64)(H2,56,58,65). The van der Waals surface area contributed by atoms with Gasteiger partial charge >= 0.3 is 18.1 Å². The predicted octanol–water partition coefficient (Wildman–Crippen LogP) is 5.24. The zero-order valence-corrected chi connectivity index (χ0v) is 45.8. The number of sulfonamides is 3. The van der Waals surface area contributed by atoms with Gasteiger partial charge in [0.05, 0.1) is 30.0 Å². The number of aryl methyl sites for hydroxylation is 4. The number of carbonyl (C=O) groups excluding carboxylic acids is 3. The van der Waals surface area contributed by atoms with Crippen molar-refractivity contribution in [2.24, 2.45) is 0 Å². The first kappa shape index (κ1) is 53.5. The van der Waals surface area contributed by atoms with Gasteiger partial charge in [-0.05, 0) is 220 Å². The largest absolute Gasteiger partial charge is 0.332 e. The van der Waals surface area contributed by atoms with Crippen LogP contribution in [0.5, 0.6) is 0 Å². The molecular formula is C52H72N10O10S3. The molecule has 1 fully saturated rings. The Hall–Kier alpha value is -4.88. The highest BCUT2D eigenvalue weighted by atomic mass is 32.2. The minimum atomic E-state index is -3.98. The van der Waals surface area contributed by atoms with Gasteiger partial charge in [-0.2, -0.15) is 5.06 Å². The number of benzene rings is 3. The number of hydrazine groups is 1. The number of amides is 6. The number of carbonyl (C=O) groups is 3. The fourth-order valence-corrected chi connectivity index (χ4v) is 16.4. The summed E-state index contributed by atoms with van der Waals surface area (Å²) in [4.78, 5) is 46.5. The van der Waals surface area contributed by atoms with Crippen molar-refractivity contribution in [2.45, 2.75) is 145 Å². The molecule has 0 radical (unpaired) electrons. The summed E-state index contributed by atoms with van der Waals surface area (Å²) in [5.74, 6) is -0.794. The van der Waals surface area contributed by atoms with E-state index in [-0.39, 0.29) is 53.8 Å². The van der Waals surface area contributed by atoms with E-state index in [1.807, 2.05) is 6.92 Å². The van der Waals surface area contributed by atoms with Gasteiger partial charge in [0.1, 0.15) is 0 Å². The third kappa shape index (κ3) is 11.4. The maximum absolute atomic E-state index is 14.1. The van der Waals surface area contributed by atoms with E-state index in [1.54, 1.807) is 14.1 Å². The zero-order valence-electron chi connectivity index (χ0n) is 43.4. The number of hydrogen-bond acceptors (Lipinski definition) is 14. The van der Waals surface area contributed by atoms with Gasteiger partial charge in [-0.15, -0.1) is 0 Å². The van der Waals surface area contributed by atoms with E-state index in [1.165, 1.54) is 17.7 Å². The molecule has 1 aliphatic heterocycles. The van der Waals surface area contributed by atoms with E-state index in [9.17, 15) is 39.6 Å². The molecule has 0 bridgehead atoms. The molecule has 9 N–H and O–H groups in total. The van der Waals surface area contributed by atoms with Gasteiger partial charge in [0.15, 0.2) is 0 Å². The Balaban J connectivity index is 0.971. The van der Waals surface area contributed by atoms with Gasteiger partial charge < -0.3 is 26.1 Å². The molecule has 0 saturated carbocycles. The van der Waals surface area contributed by atoms with Crippen LogP contribution < -0.4 is 46.3 Å². The molecular weight excluding hydrogens is 1020 g/mol. The lowest BCUT2D eigenvalue weighted by Crippen LogP contribution is -2.37. The topological polar surface area (TPSA) is 294 Å². The summed E-state index contributed by atoms with van der Waals surface area (Å²) >= 11 is 0. The van der Waals surface area contributed by atoms with Crippen LogP contribution in [0.15, 0.2) is 18.2 Å². The van der Waals surface area contributed by atoms with Crippen LogP contribution in [0.25, 0.3) is 0 Å². The van der Waals surface area contributed by atoms with E-state index in [0.29, 0.717) is 49.4 Å². The lowest BCUT2D eigenvalue weighted by atomic mass is 9.79. The first-order valence-electron chi connectivity index (χ1n) is 26.7. The number of urea groups is 3. The molecule has 4 unspecified atom stereocenters. The van der Waals surface area contributed by atoms with Gasteiger partial charge in [-0.25, -0.2) is 64.7 Å². The second-order valence-corrected chi connectivity index (χ2v) is 27.4. The summed E-state index contributed by atoms with van der Waals surface area (Å²) in [5, 5.41) is 13.7. The molecule has 1 saturated heterocycles. The average molecular weight is 1090 g/mol. The maximum Gasteiger partial charge on any atom is 0.332 e. The summed E-state index contributed by atoms with van der Waals surface area (Å²) < 4.78 is 85.7. The van der Waals surface area contributed by atoms with Crippen molar-refractivity contribution in [1.82, 2.24) is 35.4 Å². The van der Waals surface area contributed by atoms with Gasteiger partial charge in [0.2, 0.25) is 30.1 Å². The van der Waals surface area contributed by atoms with Gasteiger partial charge in [0, 0.05) is 30.7 Å². The monoisotopic (exact) mass is 1090 g/mol. The zero-order chi connectivity index (χ0) is 53.0. The summed E-state index contributed by atoms with van der Waals surface area (Å²) in [5.41, 5.74) is 20.2. The van der Waals surface area contributed by atoms with Crippen LogP contribution in [0.4, 0.5) is 31.4 Å².